The largest absolute Gasteiger partial charge is 0.397 e. The first-order valence-electron chi connectivity index (χ1n) is 7.10. The lowest BCUT2D eigenvalue weighted by Crippen LogP contribution is -2.47. The van der Waals surface area contributed by atoms with E-state index in [1.165, 1.54) is 5.69 Å². The SMILES string of the molecule is CC(C)OCCN1CCN(c2ccccc2N)CC1. The van der Waals surface area contributed by atoms with E-state index in [1.807, 2.05) is 12.1 Å². The van der Waals surface area contributed by atoms with Crippen LogP contribution in [0.5, 0.6) is 0 Å². The highest BCUT2D eigenvalue weighted by atomic mass is 16.5. The van der Waals surface area contributed by atoms with Gasteiger partial charge in [0.25, 0.3) is 0 Å². The Bertz CT molecular complexity index is 387. The average molecular weight is 263 g/mol. The molecule has 1 fully saturated rings. The van der Waals surface area contributed by atoms with Gasteiger partial charge in [0.15, 0.2) is 0 Å². The summed E-state index contributed by atoms with van der Waals surface area (Å²) in [5.74, 6) is 0. The van der Waals surface area contributed by atoms with Gasteiger partial charge in [0, 0.05) is 32.7 Å². The summed E-state index contributed by atoms with van der Waals surface area (Å²) in [6.45, 7) is 10.2. The maximum absolute atomic E-state index is 6.02. The third-order valence-corrected chi connectivity index (χ3v) is 3.51. The number of ether oxygens (including phenoxy) is 1. The van der Waals surface area contributed by atoms with E-state index in [1.54, 1.807) is 0 Å². The van der Waals surface area contributed by atoms with Crippen molar-refractivity contribution in [2.24, 2.45) is 0 Å². The zero-order valence-corrected chi connectivity index (χ0v) is 12.0. The highest BCUT2D eigenvalue weighted by Gasteiger charge is 2.18. The lowest BCUT2D eigenvalue weighted by atomic mass is 10.2. The molecule has 2 N–H and O–H groups in total. The fraction of sp³-hybridized carbons (Fsp3) is 0.600. The third kappa shape index (κ3) is 4.11. The molecule has 106 valence electrons. The lowest BCUT2D eigenvalue weighted by molar-refractivity contribution is 0.0579. The first kappa shape index (κ1) is 14.2. The molecule has 0 aliphatic carbocycles. The van der Waals surface area contributed by atoms with E-state index < -0.39 is 0 Å². The maximum Gasteiger partial charge on any atom is 0.0600 e. The molecule has 0 atom stereocenters. The van der Waals surface area contributed by atoms with E-state index in [0.717, 1.165) is 45.0 Å². The molecule has 0 saturated carbocycles. The molecule has 1 aromatic rings. The molecule has 1 heterocycles. The van der Waals surface area contributed by atoms with E-state index in [-0.39, 0.29) is 0 Å². The van der Waals surface area contributed by atoms with Gasteiger partial charge in [-0.2, -0.15) is 0 Å². The van der Waals surface area contributed by atoms with Crippen LogP contribution in [0.1, 0.15) is 13.8 Å². The Hall–Kier alpha value is -1.26. The number of hydrogen-bond donors (Lipinski definition) is 1. The molecule has 2 rings (SSSR count). The summed E-state index contributed by atoms with van der Waals surface area (Å²) in [6, 6.07) is 8.11. The molecule has 1 aromatic carbocycles. The number of rotatable bonds is 5. The van der Waals surface area contributed by atoms with E-state index in [0.29, 0.717) is 6.10 Å². The molecule has 0 bridgehead atoms. The van der Waals surface area contributed by atoms with Gasteiger partial charge in [-0.1, -0.05) is 12.1 Å². The Morgan fingerprint density at radius 2 is 1.84 bits per heavy atom. The summed E-state index contributed by atoms with van der Waals surface area (Å²) in [4.78, 5) is 4.83. The van der Waals surface area contributed by atoms with Crippen molar-refractivity contribution in [1.82, 2.24) is 4.90 Å². The van der Waals surface area contributed by atoms with Crippen LogP contribution in [0.2, 0.25) is 0 Å². The second kappa shape index (κ2) is 6.78. The summed E-state index contributed by atoms with van der Waals surface area (Å²) in [5, 5.41) is 0. The average Bonchev–Trinajstić information content (AvgIpc) is 2.40. The van der Waals surface area contributed by atoms with Crippen molar-refractivity contribution in [3.63, 3.8) is 0 Å². The monoisotopic (exact) mass is 263 g/mol. The van der Waals surface area contributed by atoms with Crippen LogP contribution in [0.4, 0.5) is 11.4 Å². The van der Waals surface area contributed by atoms with Crippen LogP contribution in [0.25, 0.3) is 0 Å². The highest BCUT2D eigenvalue weighted by molar-refractivity contribution is 5.67. The molecule has 1 aliphatic heterocycles. The number of nitrogens with zero attached hydrogens (tertiary/aromatic N) is 2. The van der Waals surface area contributed by atoms with Crippen LogP contribution in [-0.4, -0.2) is 50.3 Å². The Morgan fingerprint density at radius 1 is 1.16 bits per heavy atom. The van der Waals surface area contributed by atoms with E-state index in [9.17, 15) is 0 Å². The molecule has 0 spiro atoms. The number of hydrogen-bond acceptors (Lipinski definition) is 4. The Morgan fingerprint density at radius 3 is 2.47 bits per heavy atom. The van der Waals surface area contributed by atoms with Gasteiger partial charge in [0.2, 0.25) is 0 Å². The molecule has 0 aromatic heterocycles. The summed E-state index contributed by atoms with van der Waals surface area (Å²) < 4.78 is 5.60. The van der Waals surface area contributed by atoms with Crippen molar-refractivity contribution in [1.29, 1.82) is 0 Å². The quantitative estimate of drug-likeness (QED) is 0.823. The predicted octanol–water partition coefficient (Wildman–Crippen LogP) is 1.82. The fourth-order valence-electron chi connectivity index (χ4n) is 2.41. The minimum atomic E-state index is 0.324. The van der Waals surface area contributed by atoms with Crippen molar-refractivity contribution >= 4 is 11.4 Å². The van der Waals surface area contributed by atoms with Crippen molar-refractivity contribution in [3.05, 3.63) is 24.3 Å². The fourth-order valence-corrected chi connectivity index (χ4v) is 2.41. The highest BCUT2D eigenvalue weighted by Crippen LogP contribution is 2.23. The van der Waals surface area contributed by atoms with Gasteiger partial charge >= 0.3 is 0 Å². The van der Waals surface area contributed by atoms with Gasteiger partial charge in [-0.25, -0.2) is 0 Å². The van der Waals surface area contributed by atoms with Crippen LogP contribution >= 0.6 is 0 Å². The first-order valence-corrected chi connectivity index (χ1v) is 7.10. The van der Waals surface area contributed by atoms with Crippen LogP contribution in [0.3, 0.4) is 0 Å². The van der Waals surface area contributed by atoms with Gasteiger partial charge in [-0.3, -0.25) is 4.90 Å². The van der Waals surface area contributed by atoms with Gasteiger partial charge < -0.3 is 15.4 Å². The molecule has 1 aliphatic rings. The summed E-state index contributed by atoms with van der Waals surface area (Å²) in [5.41, 5.74) is 8.07. The molecular formula is C15H25N3O. The van der Waals surface area contributed by atoms with Crippen molar-refractivity contribution < 1.29 is 4.74 Å². The van der Waals surface area contributed by atoms with E-state index in [4.69, 9.17) is 10.5 Å². The number of nitrogens with two attached hydrogens (primary N) is 1. The second-order valence-corrected chi connectivity index (χ2v) is 5.31. The first-order chi connectivity index (χ1) is 9.16. The normalized spacial score (nSPS) is 17.1. The number of piperazine rings is 1. The lowest BCUT2D eigenvalue weighted by Gasteiger charge is -2.36. The molecule has 1 saturated heterocycles. The van der Waals surface area contributed by atoms with Crippen molar-refractivity contribution in [3.8, 4) is 0 Å². The summed E-state index contributed by atoms with van der Waals surface area (Å²) >= 11 is 0. The van der Waals surface area contributed by atoms with Crippen LogP contribution in [0.15, 0.2) is 24.3 Å². The predicted molar refractivity (Wildman–Crippen MR) is 80.6 cm³/mol. The Balaban J connectivity index is 1.78. The van der Waals surface area contributed by atoms with Crippen LogP contribution < -0.4 is 10.6 Å². The number of benzene rings is 1. The molecule has 0 unspecified atom stereocenters. The molecule has 0 radical (unpaired) electrons. The number of anilines is 2. The topological polar surface area (TPSA) is 41.7 Å². The zero-order chi connectivity index (χ0) is 13.7. The molecule has 4 nitrogen and oxygen atoms in total. The van der Waals surface area contributed by atoms with Crippen LogP contribution in [0, 0.1) is 0 Å². The van der Waals surface area contributed by atoms with Gasteiger partial charge in [-0.05, 0) is 26.0 Å². The Kier molecular flexibility index (Phi) is 5.05. The molecular weight excluding hydrogens is 238 g/mol. The standard InChI is InChI=1S/C15H25N3O/c1-13(2)19-12-11-17-7-9-18(10-8-17)15-6-4-3-5-14(15)16/h3-6,13H,7-12,16H2,1-2H3. The van der Waals surface area contributed by atoms with Crippen molar-refractivity contribution in [2.75, 3.05) is 50.0 Å². The minimum absolute atomic E-state index is 0.324. The smallest absolute Gasteiger partial charge is 0.0600 e. The minimum Gasteiger partial charge on any atom is -0.397 e. The molecule has 0 amide bonds. The number of para-hydroxylation sites is 2. The Labute approximate surface area is 116 Å². The maximum atomic E-state index is 6.02. The van der Waals surface area contributed by atoms with Gasteiger partial charge in [-0.15, -0.1) is 0 Å². The zero-order valence-electron chi connectivity index (χ0n) is 12.0. The molecule has 4 heteroatoms. The van der Waals surface area contributed by atoms with Gasteiger partial charge in [0.05, 0.1) is 24.1 Å². The second-order valence-electron chi connectivity index (χ2n) is 5.31. The van der Waals surface area contributed by atoms with Gasteiger partial charge in [0.1, 0.15) is 0 Å². The summed E-state index contributed by atoms with van der Waals surface area (Å²) in [6.07, 6.45) is 0.324. The van der Waals surface area contributed by atoms with Crippen LogP contribution in [-0.2, 0) is 4.74 Å². The van der Waals surface area contributed by atoms with E-state index >= 15 is 0 Å². The molecule has 19 heavy (non-hydrogen) atoms. The third-order valence-electron chi connectivity index (χ3n) is 3.51. The van der Waals surface area contributed by atoms with E-state index in [2.05, 4.69) is 35.8 Å². The number of nitrogen functional groups attached to an aromatic ring is 1. The summed E-state index contributed by atoms with van der Waals surface area (Å²) in [7, 11) is 0. The van der Waals surface area contributed by atoms with Crippen molar-refractivity contribution in [2.45, 2.75) is 20.0 Å².